The maximum Gasteiger partial charge on any atom is 0.0789 e. The van der Waals surface area contributed by atoms with E-state index in [1.165, 1.54) is 18.4 Å². The zero-order valence-electron chi connectivity index (χ0n) is 13.7. The number of rotatable bonds is 4. The second kappa shape index (κ2) is 4.99. The number of nitrogens with two attached hydrogens (primary N) is 1. The Bertz CT molecular complexity index is 520. The predicted molar refractivity (Wildman–Crippen MR) is 87.1 cm³/mol. The molecule has 1 saturated carbocycles. The topological polar surface area (TPSA) is 38.5 Å². The van der Waals surface area contributed by atoms with Crippen molar-refractivity contribution in [2.75, 3.05) is 5.73 Å². The summed E-state index contributed by atoms with van der Waals surface area (Å²) >= 11 is 0. The number of anilines is 1. The third kappa shape index (κ3) is 3.09. The van der Waals surface area contributed by atoms with E-state index in [9.17, 15) is 0 Å². The highest BCUT2D eigenvalue weighted by Crippen LogP contribution is 2.44. The van der Waals surface area contributed by atoms with E-state index in [2.05, 4.69) is 44.7 Å². The molecule has 1 heterocycles. The molecule has 3 heteroatoms. The summed E-state index contributed by atoms with van der Waals surface area (Å²) in [7, 11) is 0. The van der Waals surface area contributed by atoms with E-state index in [1.807, 2.05) is 12.1 Å². The fourth-order valence-corrected chi connectivity index (χ4v) is 3.82. The summed E-state index contributed by atoms with van der Waals surface area (Å²) in [6, 6.07) is 9.40. The van der Waals surface area contributed by atoms with Crippen molar-refractivity contribution in [2.45, 2.75) is 76.8 Å². The van der Waals surface area contributed by atoms with Crippen LogP contribution in [-0.4, -0.2) is 28.2 Å². The zero-order valence-corrected chi connectivity index (χ0v) is 13.7. The van der Waals surface area contributed by atoms with E-state index < -0.39 is 0 Å². The summed E-state index contributed by atoms with van der Waals surface area (Å²) < 4.78 is 6.30. The molecule has 0 amide bonds. The van der Waals surface area contributed by atoms with E-state index in [-0.39, 0.29) is 11.2 Å². The Hall–Kier alpha value is -1.06. The minimum atomic E-state index is -0.102. The van der Waals surface area contributed by atoms with E-state index in [4.69, 9.17) is 10.5 Å². The summed E-state index contributed by atoms with van der Waals surface area (Å²) in [6.07, 6.45) is 3.70. The first-order chi connectivity index (χ1) is 9.78. The Morgan fingerprint density at radius 2 is 1.86 bits per heavy atom. The summed E-state index contributed by atoms with van der Waals surface area (Å²) in [5, 5.41) is 0. The SMILES string of the molecule is CC1(C)CC(N(Cc2ccccc2N)C2CC2)C(C)(C)O1. The van der Waals surface area contributed by atoms with Crippen LogP contribution in [0.1, 0.15) is 52.5 Å². The minimum Gasteiger partial charge on any atom is -0.398 e. The van der Waals surface area contributed by atoms with Crippen molar-refractivity contribution in [1.82, 2.24) is 4.90 Å². The minimum absolute atomic E-state index is 0.0382. The van der Waals surface area contributed by atoms with Crippen molar-refractivity contribution < 1.29 is 4.74 Å². The average Bonchev–Trinajstić information content (AvgIpc) is 3.15. The molecule has 1 unspecified atom stereocenters. The molecule has 1 saturated heterocycles. The van der Waals surface area contributed by atoms with Crippen molar-refractivity contribution in [3.63, 3.8) is 0 Å². The molecule has 3 nitrogen and oxygen atoms in total. The van der Waals surface area contributed by atoms with Gasteiger partial charge in [0.05, 0.1) is 11.2 Å². The Kier molecular flexibility index (Phi) is 3.53. The summed E-state index contributed by atoms with van der Waals surface area (Å²) in [4.78, 5) is 2.64. The first-order valence-corrected chi connectivity index (χ1v) is 8.08. The number of ether oxygens (including phenoxy) is 1. The molecule has 2 N–H and O–H groups in total. The lowest BCUT2D eigenvalue weighted by atomic mass is 9.92. The molecular formula is C18H28N2O. The first-order valence-electron chi connectivity index (χ1n) is 8.08. The Labute approximate surface area is 128 Å². The molecular weight excluding hydrogens is 260 g/mol. The molecule has 0 spiro atoms. The van der Waals surface area contributed by atoms with Gasteiger partial charge in [0.25, 0.3) is 0 Å². The van der Waals surface area contributed by atoms with E-state index >= 15 is 0 Å². The Balaban J connectivity index is 1.84. The molecule has 2 aliphatic rings. The second-order valence-electron chi connectivity index (χ2n) is 7.79. The lowest BCUT2D eigenvalue weighted by molar-refractivity contribution is -0.0821. The van der Waals surface area contributed by atoms with Crippen LogP contribution in [0.25, 0.3) is 0 Å². The van der Waals surface area contributed by atoms with Crippen LogP contribution in [0.5, 0.6) is 0 Å². The van der Waals surface area contributed by atoms with Gasteiger partial charge in [-0.15, -0.1) is 0 Å². The van der Waals surface area contributed by atoms with Crippen LogP contribution in [0.15, 0.2) is 24.3 Å². The van der Waals surface area contributed by atoms with Crippen LogP contribution >= 0.6 is 0 Å². The Morgan fingerprint density at radius 3 is 2.38 bits per heavy atom. The highest BCUT2D eigenvalue weighted by molar-refractivity contribution is 5.46. The number of nitrogen functional groups attached to an aromatic ring is 1. The predicted octanol–water partition coefficient (Wildman–Crippen LogP) is 3.58. The van der Waals surface area contributed by atoms with Crippen molar-refractivity contribution in [3.8, 4) is 0 Å². The van der Waals surface area contributed by atoms with Gasteiger partial charge in [0.2, 0.25) is 0 Å². The van der Waals surface area contributed by atoms with Gasteiger partial charge < -0.3 is 10.5 Å². The molecule has 1 aliphatic heterocycles. The fraction of sp³-hybridized carbons (Fsp3) is 0.667. The monoisotopic (exact) mass is 288 g/mol. The van der Waals surface area contributed by atoms with Crippen LogP contribution in [0.4, 0.5) is 5.69 Å². The lowest BCUT2D eigenvalue weighted by Crippen LogP contribution is -2.47. The fourth-order valence-electron chi connectivity index (χ4n) is 3.82. The quantitative estimate of drug-likeness (QED) is 0.861. The number of para-hydroxylation sites is 1. The van der Waals surface area contributed by atoms with Gasteiger partial charge in [0, 0.05) is 24.3 Å². The molecule has 21 heavy (non-hydrogen) atoms. The van der Waals surface area contributed by atoms with Crippen molar-refractivity contribution in [1.29, 1.82) is 0 Å². The standard InChI is InChI=1S/C18H28N2O/c1-17(2)11-16(18(3,4)21-17)20(14-9-10-14)12-13-7-5-6-8-15(13)19/h5-8,14,16H,9-12,19H2,1-4H3. The van der Waals surface area contributed by atoms with Gasteiger partial charge in [-0.05, 0) is 58.6 Å². The third-order valence-corrected chi connectivity index (χ3v) is 4.85. The molecule has 116 valence electrons. The number of hydrogen-bond acceptors (Lipinski definition) is 3. The molecule has 1 atom stereocenters. The summed E-state index contributed by atoms with van der Waals surface area (Å²) in [5.41, 5.74) is 8.15. The zero-order chi connectivity index (χ0) is 15.3. The van der Waals surface area contributed by atoms with Crippen LogP contribution in [0.3, 0.4) is 0 Å². The van der Waals surface area contributed by atoms with Crippen molar-refractivity contribution >= 4 is 5.69 Å². The summed E-state index contributed by atoms with van der Waals surface area (Å²) in [5.74, 6) is 0. The highest BCUT2D eigenvalue weighted by Gasteiger charge is 2.51. The van der Waals surface area contributed by atoms with Gasteiger partial charge in [-0.3, -0.25) is 4.90 Å². The van der Waals surface area contributed by atoms with Crippen LogP contribution in [0.2, 0.25) is 0 Å². The van der Waals surface area contributed by atoms with E-state index in [0.29, 0.717) is 12.1 Å². The Morgan fingerprint density at radius 1 is 1.19 bits per heavy atom. The molecule has 2 fully saturated rings. The second-order valence-corrected chi connectivity index (χ2v) is 7.79. The van der Waals surface area contributed by atoms with Crippen LogP contribution < -0.4 is 5.73 Å². The first kappa shape index (κ1) is 14.9. The summed E-state index contributed by atoms with van der Waals surface area (Å²) in [6.45, 7) is 9.81. The van der Waals surface area contributed by atoms with Crippen molar-refractivity contribution in [3.05, 3.63) is 29.8 Å². The maximum atomic E-state index is 6.30. The molecule has 0 radical (unpaired) electrons. The van der Waals surface area contributed by atoms with Gasteiger partial charge >= 0.3 is 0 Å². The van der Waals surface area contributed by atoms with Gasteiger partial charge in [0.1, 0.15) is 0 Å². The normalized spacial score (nSPS) is 27.2. The molecule has 3 rings (SSSR count). The van der Waals surface area contributed by atoms with Crippen LogP contribution in [-0.2, 0) is 11.3 Å². The molecule has 1 aliphatic carbocycles. The lowest BCUT2D eigenvalue weighted by Gasteiger charge is -2.36. The molecule has 1 aromatic rings. The largest absolute Gasteiger partial charge is 0.398 e. The van der Waals surface area contributed by atoms with E-state index in [0.717, 1.165) is 18.7 Å². The van der Waals surface area contributed by atoms with Crippen LogP contribution in [0, 0.1) is 0 Å². The van der Waals surface area contributed by atoms with Gasteiger partial charge in [-0.2, -0.15) is 0 Å². The molecule has 1 aromatic carbocycles. The third-order valence-electron chi connectivity index (χ3n) is 4.85. The number of benzene rings is 1. The van der Waals surface area contributed by atoms with Gasteiger partial charge in [-0.25, -0.2) is 0 Å². The number of hydrogen-bond donors (Lipinski definition) is 1. The molecule has 0 bridgehead atoms. The molecule has 0 aromatic heterocycles. The smallest absolute Gasteiger partial charge is 0.0789 e. The highest BCUT2D eigenvalue weighted by atomic mass is 16.5. The average molecular weight is 288 g/mol. The van der Waals surface area contributed by atoms with E-state index in [1.54, 1.807) is 0 Å². The van der Waals surface area contributed by atoms with Crippen molar-refractivity contribution in [2.24, 2.45) is 0 Å². The van der Waals surface area contributed by atoms with Gasteiger partial charge in [-0.1, -0.05) is 18.2 Å². The van der Waals surface area contributed by atoms with Gasteiger partial charge in [0.15, 0.2) is 0 Å². The number of nitrogens with zero attached hydrogens (tertiary/aromatic N) is 1. The maximum absolute atomic E-state index is 6.30.